The van der Waals surface area contributed by atoms with Gasteiger partial charge < -0.3 is 14.2 Å². The Kier molecular flexibility index (Phi) is 14.4. The Balaban J connectivity index is 1.46. The van der Waals surface area contributed by atoms with Crippen LogP contribution in [0.2, 0.25) is 0 Å². The third-order valence-corrected chi connectivity index (χ3v) is 8.82. The standard InChI is InChI=1S/C40H53N3O3/c1-4-5-6-7-8-9-10-11-12-13-14-24-31-37-38(46-39(2,3)45-37)36(42-43-41)32-44-40(33-25-18-15-19-26-33,34-27-20-16-21-28-34)35-29-22-17-23-30-35/h13-23,25-30,36-38H,4-12,24,31-32H2,1-3H3/b14-13+/t36-,37+,38-/m0/s1. The predicted octanol–water partition coefficient (Wildman–Crippen LogP) is 11.1. The smallest absolute Gasteiger partial charge is 0.163 e. The minimum atomic E-state index is -0.921. The van der Waals surface area contributed by atoms with E-state index in [4.69, 9.17) is 14.2 Å². The lowest BCUT2D eigenvalue weighted by Gasteiger charge is -2.37. The van der Waals surface area contributed by atoms with Crippen LogP contribution in [0.25, 0.3) is 10.4 Å². The summed E-state index contributed by atoms with van der Waals surface area (Å²) in [6, 6.07) is 30.1. The molecule has 1 fully saturated rings. The van der Waals surface area contributed by atoms with Gasteiger partial charge in [-0.1, -0.05) is 160 Å². The van der Waals surface area contributed by atoms with E-state index < -0.39 is 23.5 Å². The van der Waals surface area contributed by atoms with Crippen LogP contribution in [0.3, 0.4) is 0 Å². The lowest BCUT2D eigenvalue weighted by Crippen LogP contribution is -2.41. The first-order chi connectivity index (χ1) is 22.5. The normalized spacial score (nSPS) is 18.4. The Bertz CT molecular complexity index is 1240. The van der Waals surface area contributed by atoms with E-state index in [1.165, 1.54) is 51.4 Å². The molecule has 0 saturated carbocycles. The molecule has 1 aliphatic heterocycles. The van der Waals surface area contributed by atoms with Gasteiger partial charge in [0.25, 0.3) is 0 Å². The molecule has 0 radical (unpaired) electrons. The lowest BCUT2D eigenvalue weighted by atomic mass is 9.80. The Hall–Kier alpha value is -3.41. The van der Waals surface area contributed by atoms with Crippen LogP contribution in [0.4, 0.5) is 0 Å². The maximum atomic E-state index is 9.68. The summed E-state index contributed by atoms with van der Waals surface area (Å²) in [6.07, 6.45) is 17.3. The summed E-state index contributed by atoms with van der Waals surface area (Å²) >= 11 is 0. The van der Waals surface area contributed by atoms with Crippen molar-refractivity contribution >= 4 is 0 Å². The molecule has 6 heteroatoms. The van der Waals surface area contributed by atoms with Gasteiger partial charge in [0, 0.05) is 4.91 Å². The zero-order valence-electron chi connectivity index (χ0n) is 28.1. The third kappa shape index (κ3) is 10.0. The van der Waals surface area contributed by atoms with Crippen LogP contribution in [0.1, 0.15) is 108 Å². The Morgan fingerprint density at radius 2 is 1.26 bits per heavy atom. The molecule has 0 aliphatic carbocycles. The summed E-state index contributed by atoms with van der Waals surface area (Å²) in [5, 5.41) is 4.25. The lowest BCUT2D eigenvalue weighted by molar-refractivity contribution is -0.150. The molecule has 4 rings (SSSR count). The van der Waals surface area contributed by atoms with Gasteiger partial charge in [0.2, 0.25) is 0 Å². The largest absolute Gasteiger partial charge is 0.360 e. The Morgan fingerprint density at radius 3 is 1.78 bits per heavy atom. The summed E-state index contributed by atoms with van der Waals surface area (Å²) in [4.78, 5) is 3.24. The highest BCUT2D eigenvalue weighted by atomic mass is 16.8. The van der Waals surface area contributed by atoms with Gasteiger partial charge in [-0.3, -0.25) is 0 Å². The van der Waals surface area contributed by atoms with Crippen molar-refractivity contribution in [3.05, 3.63) is 130 Å². The monoisotopic (exact) mass is 623 g/mol. The van der Waals surface area contributed by atoms with Crippen molar-refractivity contribution in [3.63, 3.8) is 0 Å². The molecule has 6 nitrogen and oxygen atoms in total. The second-order valence-electron chi connectivity index (χ2n) is 12.8. The maximum absolute atomic E-state index is 9.68. The van der Waals surface area contributed by atoms with Crippen LogP contribution in [-0.2, 0) is 19.8 Å². The number of benzene rings is 3. The summed E-state index contributed by atoms with van der Waals surface area (Å²) in [5.74, 6) is -0.783. The SMILES string of the molecule is CCCCCCCCCC/C=C/CC[C@H]1OC(C)(C)O[C@H]1[C@H](COC(c1ccccc1)(c1ccccc1)c1ccccc1)N=[N+]=[N-]. The van der Waals surface area contributed by atoms with E-state index in [9.17, 15) is 5.53 Å². The van der Waals surface area contributed by atoms with Crippen LogP contribution in [-0.4, -0.2) is 30.6 Å². The van der Waals surface area contributed by atoms with E-state index in [0.29, 0.717) is 0 Å². The number of hydrogen-bond acceptors (Lipinski definition) is 4. The first-order valence-electron chi connectivity index (χ1n) is 17.4. The van der Waals surface area contributed by atoms with Crippen molar-refractivity contribution in [3.8, 4) is 0 Å². The molecule has 0 spiro atoms. The predicted molar refractivity (Wildman–Crippen MR) is 188 cm³/mol. The quantitative estimate of drug-likeness (QED) is 0.0314. The van der Waals surface area contributed by atoms with E-state index in [1.54, 1.807) is 0 Å². The number of allylic oxidation sites excluding steroid dienone is 2. The van der Waals surface area contributed by atoms with Crippen molar-refractivity contribution in [2.24, 2.45) is 5.11 Å². The van der Waals surface area contributed by atoms with Gasteiger partial charge in [-0.15, -0.1) is 0 Å². The second-order valence-corrected chi connectivity index (χ2v) is 12.8. The van der Waals surface area contributed by atoms with Crippen LogP contribution >= 0.6 is 0 Å². The summed E-state index contributed by atoms with van der Waals surface area (Å²) in [7, 11) is 0. The van der Waals surface area contributed by atoms with Crippen molar-refractivity contribution in [2.45, 2.75) is 121 Å². The Labute approximate surface area is 276 Å². The fraction of sp³-hybridized carbons (Fsp3) is 0.500. The number of azide groups is 1. The first-order valence-corrected chi connectivity index (χ1v) is 17.4. The van der Waals surface area contributed by atoms with Crippen LogP contribution in [0, 0.1) is 0 Å². The van der Waals surface area contributed by atoms with Crippen molar-refractivity contribution < 1.29 is 14.2 Å². The van der Waals surface area contributed by atoms with Crippen LogP contribution in [0.15, 0.2) is 108 Å². The van der Waals surface area contributed by atoms with Gasteiger partial charge in [-0.05, 0) is 61.8 Å². The second kappa shape index (κ2) is 18.7. The summed E-state index contributed by atoms with van der Waals surface area (Å²) in [6.45, 7) is 6.27. The molecule has 3 atom stereocenters. The third-order valence-electron chi connectivity index (χ3n) is 8.82. The molecule has 46 heavy (non-hydrogen) atoms. The topological polar surface area (TPSA) is 76.5 Å². The van der Waals surface area contributed by atoms with Gasteiger partial charge >= 0.3 is 0 Å². The molecule has 3 aromatic rings. The van der Waals surface area contributed by atoms with Crippen molar-refractivity contribution in [1.82, 2.24) is 0 Å². The van der Waals surface area contributed by atoms with E-state index in [-0.39, 0.29) is 12.7 Å². The molecular weight excluding hydrogens is 570 g/mol. The number of nitrogens with zero attached hydrogens (tertiary/aromatic N) is 3. The molecule has 0 bridgehead atoms. The number of rotatable bonds is 20. The number of unbranched alkanes of at least 4 members (excludes halogenated alkanes) is 8. The molecule has 246 valence electrons. The molecule has 0 unspecified atom stereocenters. The molecule has 1 aliphatic rings. The minimum Gasteiger partial charge on any atom is -0.360 e. The molecule has 3 aromatic carbocycles. The van der Waals surface area contributed by atoms with E-state index in [2.05, 4.69) is 65.5 Å². The van der Waals surface area contributed by atoms with Crippen molar-refractivity contribution in [2.75, 3.05) is 6.61 Å². The highest BCUT2D eigenvalue weighted by Crippen LogP contribution is 2.41. The van der Waals surface area contributed by atoms with Gasteiger partial charge in [-0.25, -0.2) is 0 Å². The number of hydrogen-bond donors (Lipinski definition) is 0. The summed E-state index contributed by atoms with van der Waals surface area (Å²) in [5.41, 5.74) is 11.7. The average molecular weight is 624 g/mol. The van der Waals surface area contributed by atoms with Crippen LogP contribution in [0.5, 0.6) is 0 Å². The maximum Gasteiger partial charge on any atom is 0.163 e. The van der Waals surface area contributed by atoms with E-state index in [1.807, 2.05) is 68.4 Å². The minimum absolute atomic E-state index is 0.150. The number of ether oxygens (including phenoxy) is 3. The molecular formula is C40H53N3O3. The van der Waals surface area contributed by atoms with Crippen LogP contribution < -0.4 is 0 Å². The fourth-order valence-electron chi connectivity index (χ4n) is 6.54. The first kappa shape index (κ1) is 35.4. The van der Waals surface area contributed by atoms with E-state index in [0.717, 1.165) is 36.0 Å². The molecule has 0 amide bonds. The summed E-state index contributed by atoms with van der Waals surface area (Å²) < 4.78 is 19.8. The Morgan fingerprint density at radius 1 is 0.761 bits per heavy atom. The molecule has 0 aromatic heterocycles. The zero-order valence-corrected chi connectivity index (χ0v) is 28.1. The molecule has 1 heterocycles. The molecule has 1 saturated heterocycles. The highest BCUT2D eigenvalue weighted by Gasteiger charge is 2.46. The average Bonchev–Trinajstić information content (AvgIpc) is 3.40. The molecule has 0 N–H and O–H groups in total. The van der Waals surface area contributed by atoms with Gasteiger partial charge in [0.15, 0.2) is 5.79 Å². The fourth-order valence-corrected chi connectivity index (χ4v) is 6.54. The highest BCUT2D eigenvalue weighted by molar-refractivity contribution is 5.47. The van der Waals surface area contributed by atoms with Crippen molar-refractivity contribution in [1.29, 1.82) is 0 Å². The van der Waals surface area contributed by atoms with Gasteiger partial charge in [0.1, 0.15) is 5.60 Å². The zero-order chi connectivity index (χ0) is 32.5. The van der Waals surface area contributed by atoms with E-state index >= 15 is 0 Å². The van der Waals surface area contributed by atoms with Gasteiger partial charge in [0.05, 0.1) is 24.9 Å². The van der Waals surface area contributed by atoms with Gasteiger partial charge in [-0.2, -0.15) is 0 Å².